The maximum Gasteiger partial charge on any atom is 0.573 e. The number of pyridine rings is 1. The van der Waals surface area contributed by atoms with E-state index in [1.165, 1.54) is 0 Å². The average Bonchev–Trinajstić information content (AvgIpc) is 2.07. The first kappa shape index (κ1) is 12.8. The Morgan fingerprint density at radius 3 is 2.38 bits per heavy atom. The van der Waals surface area contributed by atoms with Crippen molar-refractivity contribution in [3.05, 3.63) is 16.8 Å². The normalized spacial score (nSPS) is 11.9. The van der Waals surface area contributed by atoms with Gasteiger partial charge in [-0.2, -0.15) is 0 Å². The molecule has 0 aliphatic rings. The molecular formula is C7H4ClF5N2O. The van der Waals surface area contributed by atoms with Crippen LogP contribution in [0.5, 0.6) is 5.75 Å². The maximum atomic E-state index is 12.3. The third-order valence-electron chi connectivity index (χ3n) is 1.46. The summed E-state index contributed by atoms with van der Waals surface area (Å²) in [7, 11) is 0. The van der Waals surface area contributed by atoms with Crippen molar-refractivity contribution in [3.8, 4) is 5.75 Å². The van der Waals surface area contributed by atoms with Crippen molar-refractivity contribution in [2.45, 2.75) is 12.8 Å². The van der Waals surface area contributed by atoms with E-state index in [2.05, 4.69) is 9.72 Å². The SMILES string of the molecule is Nc1nc(Cl)c(C(F)F)cc1OC(F)(F)F. The number of rotatable bonds is 2. The summed E-state index contributed by atoms with van der Waals surface area (Å²) in [5, 5.41) is -0.665. The lowest BCUT2D eigenvalue weighted by atomic mass is 10.3. The summed E-state index contributed by atoms with van der Waals surface area (Å²) in [6, 6.07) is 0.406. The standard InChI is InChI=1S/C7H4ClF5N2O/c8-4-2(5(9)10)1-3(6(14)15-4)16-7(11,12)13/h1,5H,(H2,14,15). The van der Waals surface area contributed by atoms with Gasteiger partial charge >= 0.3 is 6.36 Å². The van der Waals surface area contributed by atoms with E-state index in [9.17, 15) is 22.0 Å². The molecule has 0 spiro atoms. The van der Waals surface area contributed by atoms with Crippen molar-refractivity contribution in [1.82, 2.24) is 4.98 Å². The van der Waals surface area contributed by atoms with Crippen molar-refractivity contribution in [2.75, 3.05) is 5.73 Å². The Morgan fingerprint density at radius 2 is 1.94 bits per heavy atom. The molecule has 0 aliphatic heterocycles. The second kappa shape index (κ2) is 4.28. The van der Waals surface area contributed by atoms with Crippen molar-refractivity contribution >= 4 is 17.4 Å². The Balaban J connectivity index is 3.15. The van der Waals surface area contributed by atoms with Gasteiger partial charge in [0.2, 0.25) is 0 Å². The first-order valence-corrected chi connectivity index (χ1v) is 4.08. The number of hydrogen-bond donors (Lipinski definition) is 1. The molecule has 9 heteroatoms. The van der Waals surface area contributed by atoms with Crippen LogP contribution in [0.1, 0.15) is 12.0 Å². The molecule has 0 saturated heterocycles. The second-order valence-electron chi connectivity index (χ2n) is 2.60. The minimum Gasteiger partial charge on any atom is -0.402 e. The van der Waals surface area contributed by atoms with Crippen molar-refractivity contribution < 1.29 is 26.7 Å². The van der Waals surface area contributed by atoms with Crippen LogP contribution in [-0.4, -0.2) is 11.3 Å². The van der Waals surface area contributed by atoms with Crippen LogP contribution in [0.3, 0.4) is 0 Å². The van der Waals surface area contributed by atoms with E-state index in [4.69, 9.17) is 17.3 Å². The van der Waals surface area contributed by atoms with E-state index in [1.807, 2.05) is 0 Å². The summed E-state index contributed by atoms with van der Waals surface area (Å²) in [5.41, 5.74) is 4.15. The molecule has 0 unspecified atom stereocenters. The minimum atomic E-state index is -5.04. The second-order valence-corrected chi connectivity index (χ2v) is 2.96. The van der Waals surface area contributed by atoms with E-state index < -0.39 is 35.1 Å². The number of hydrogen-bond acceptors (Lipinski definition) is 3. The molecule has 1 aromatic heterocycles. The Morgan fingerprint density at radius 1 is 1.38 bits per heavy atom. The average molecular weight is 263 g/mol. The fraction of sp³-hybridized carbons (Fsp3) is 0.286. The van der Waals surface area contributed by atoms with Gasteiger partial charge in [0.05, 0.1) is 5.56 Å². The summed E-state index contributed by atoms with van der Waals surface area (Å²) in [6.45, 7) is 0. The van der Waals surface area contributed by atoms with Crippen LogP contribution >= 0.6 is 11.6 Å². The molecule has 0 bridgehead atoms. The molecule has 90 valence electrons. The van der Waals surface area contributed by atoms with Gasteiger partial charge in [0, 0.05) is 0 Å². The third-order valence-corrected chi connectivity index (χ3v) is 1.76. The topological polar surface area (TPSA) is 48.1 Å². The number of nitrogens with two attached hydrogens (primary N) is 1. The molecule has 1 rings (SSSR count). The first-order chi connectivity index (χ1) is 7.20. The zero-order chi connectivity index (χ0) is 12.5. The predicted octanol–water partition coefficient (Wildman–Crippen LogP) is 3.15. The summed E-state index contributed by atoms with van der Waals surface area (Å²) < 4.78 is 63.4. The third kappa shape index (κ3) is 3.09. The van der Waals surface area contributed by atoms with Gasteiger partial charge in [-0.05, 0) is 6.07 Å². The molecule has 0 atom stereocenters. The number of nitrogens with zero attached hydrogens (tertiary/aromatic N) is 1. The predicted molar refractivity (Wildman–Crippen MR) is 45.3 cm³/mol. The highest BCUT2D eigenvalue weighted by Gasteiger charge is 2.33. The lowest BCUT2D eigenvalue weighted by Crippen LogP contribution is -2.18. The summed E-state index contributed by atoms with van der Waals surface area (Å²) in [6.07, 6.45) is -8.11. The van der Waals surface area contributed by atoms with Crippen molar-refractivity contribution in [2.24, 2.45) is 0 Å². The smallest absolute Gasteiger partial charge is 0.402 e. The molecule has 0 aromatic carbocycles. The Kier molecular flexibility index (Phi) is 3.41. The van der Waals surface area contributed by atoms with Gasteiger partial charge in [0.15, 0.2) is 11.6 Å². The molecular weight excluding hydrogens is 259 g/mol. The molecule has 1 aromatic rings. The van der Waals surface area contributed by atoms with Crippen LogP contribution in [0.25, 0.3) is 0 Å². The number of nitrogen functional groups attached to an aromatic ring is 1. The zero-order valence-electron chi connectivity index (χ0n) is 7.36. The van der Waals surface area contributed by atoms with Crippen LogP contribution in [0.15, 0.2) is 6.07 Å². The number of anilines is 1. The fourth-order valence-corrected chi connectivity index (χ4v) is 1.09. The molecule has 0 amide bonds. The minimum absolute atomic E-state index is 0.406. The van der Waals surface area contributed by atoms with Gasteiger partial charge in [-0.15, -0.1) is 13.2 Å². The van der Waals surface area contributed by atoms with Gasteiger partial charge < -0.3 is 10.5 Å². The van der Waals surface area contributed by atoms with Crippen LogP contribution < -0.4 is 10.5 Å². The molecule has 0 aliphatic carbocycles. The van der Waals surface area contributed by atoms with E-state index >= 15 is 0 Å². The lowest BCUT2D eigenvalue weighted by Gasteiger charge is -2.12. The van der Waals surface area contributed by atoms with Gasteiger partial charge in [0.1, 0.15) is 5.15 Å². The molecule has 0 radical (unpaired) electrons. The van der Waals surface area contributed by atoms with Gasteiger partial charge in [0.25, 0.3) is 6.43 Å². The van der Waals surface area contributed by atoms with E-state index in [0.717, 1.165) is 0 Å². The molecule has 2 N–H and O–H groups in total. The molecule has 1 heterocycles. The van der Waals surface area contributed by atoms with Gasteiger partial charge in [-0.3, -0.25) is 0 Å². The molecule has 16 heavy (non-hydrogen) atoms. The monoisotopic (exact) mass is 262 g/mol. The number of aromatic nitrogens is 1. The fourth-order valence-electron chi connectivity index (χ4n) is 0.860. The number of alkyl halides is 5. The van der Waals surface area contributed by atoms with Crippen molar-refractivity contribution in [3.63, 3.8) is 0 Å². The summed E-state index contributed by atoms with van der Waals surface area (Å²) in [4.78, 5) is 3.12. The quantitative estimate of drug-likeness (QED) is 0.658. The molecule has 3 nitrogen and oxygen atoms in total. The Hall–Kier alpha value is -1.31. The first-order valence-electron chi connectivity index (χ1n) is 3.70. The Labute approximate surface area is 91.0 Å². The van der Waals surface area contributed by atoms with E-state index in [-0.39, 0.29) is 0 Å². The highest BCUT2D eigenvalue weighted by atomic mass is 35.5. The van der Waals surface area contributed by atoms with Crippen LogP contribution in [0, 0.1) is 0 Å². The van der Waals surface area contributed by atoms with Crippen molar-refractivity contribution in [1.29, 1.82) is 0 Å². The largest absolute Gasteiger partial charge is 0.573 e. The summed E-state index contributed by atoms with van der Waals surface area (Å²) in [5.74, 6) is -1.72. The van der Waals surface area contributed by atoms with Crippen LogP contribution in [0.2, 0.25) is 5.15 Å². The summed E-state index contributed by atoms with van der Waals surface area (Å²) >= 11 is 5.26. The molecule has 0 saturated carbocycles. The molecule has 0 fully saturated rings. The highest BCUT2D eigenvalue weighted by molar-refractivity contribution is 6.30. The van der Waals surface area contributed by atoms with Gasteiger partial charge in [-0.1, -0.05) is 11.6 Å². The van der Waals surface area contributed by atoms with E-state index in [1.54, 1.807) is 0 Å². The number of halogens is 6. The Bertz CT molecular complexity index is 395. The number of ether oxygens (including phenoxy) is 1. The zero-order valence-corrected chi connectivity index (χ0v) is 8.11. The highest BCUT2D eigenvalue weighted by Crippen LogP contribution is 2.34. The van der Waals surface area contributed by atoms with Gasteiger partial charge in [-0.25, -0.2) is 13.8 Å². The van der Waals surface area contributed by atoms with E-state index in [0.29, 0.717) is 6.07 Å². The lowest BCUT2D eigenvalue weighted by molar-refractivity contribution is -0.274. The maximum absolute atomic E-state index is 12.3. The van der Waals surface area contributed by atoms with Crippen LogP contribution in [0.4, 0.5) is 27.8 Å². The van der Waals surface area contributed by atoms with Crippen LogP contribution in [-0.2, 0) is 0 Å².